The molecule has 1 fully saturated rings. The second kappa shape index (κ2) is 5.47. The number of hydrogen-bond donors (Lipinski definition) is 1. The van der Waals surface area contributed by atoms with Gasteiger partial charge in [0.15, 0.2) is 5.25 Å². The van der Waals surface area contributed by atoms with Crippen molar-refractivity contribution in [3.05, 3.63) is 0 Å². The zero-order chi connectivity index (χ0) is 13.1. The molecule has 1 saturated carbocycles. The first-order valence-electron chi connectivity index (χ1n) is 5.51. The van der Waals surface area contributed by atoms with E-state index in [1.165, 1.54) is 6.92 Å². The maximum atomic E-state index is 12.0. The van der Waals surface area contributed by atoms with Gasteiger partial charge < -0.3 is 5.11 Å². The van der Waals surface area contributed by atoms with Gasteiger partial charge in [-0.25, -0.2) is 8.42 Å². The Balaban J connectivity index is 2.97. The van der Waals surface area contributed by atoms with E-state index in [0.717, 1.165) is 17.1 Å². The quantitative estimate of drug-likeness (QED) is 0.778. The topological polar surface area (TPSA) is 98.5 Å². The summed E-state index contributed by atoms with van der Waals surface area (Å²) in [5.74, 6) is -1.19. The highest BCUT2D eigenvalue weighted by Gasteiger charge is 2.36. The predicted molar refractivity (Wildman–Crippen MR) is 60.6 cm³/mol. The van der Waals surface area contributed by atoms with Crippen LogP contribution in [0.5, 0.6) is 0 Å². The van der Waals surface area contributed by atoms with Crippen molar-refractivity contribution in [2.45, 2.75) is 43.9 Å². The molecule has 7 heteroatoms. The van der Waals surface area contributed by atoms with Crippen LogP contribution in [0, 0.1) is 11.3 Å². The minimum atomic E-state index is -3.84. The maximum absolute atomic E-state index is 12.0. The summed E-state index contributed by atoms with van der Waals surface area (Å²) in [6.45, 7) is 0.720. The van der Waals surface area contributed by atoms with Crippen LogP contribution in [0.2, 0.25) is 0 Å². The highest BCUT2D eigenvalue weighted by molar-refractivity contribution is 7.90. The van der Waals surface area contributed by atoms with Crippen molar-refractivity contribution in [3.8, 4) is 6.07 Å². The predicted octanol–water partition coefficient (Wildman–Crippen LogP) is 0.557. The van der Waals surface area contributed by atoms with E-state index < -0.39 is 27.8 Å². The Labute approximate surface area is 101 Å². The van der Waals surface area contributed by atoms with Crippen LogP contribution >= 0.6 is 0 Å². The molecule has 1 rings (SSSR count). The van der Waals surface area contributed by atoms with Gasteiger partial charge in [0.05, 0.1) is 6.07 Å². The fourth-order valence-electron chi connectivity index (χ4n) is 2.02. The molecule has 1 atom stereocenters. The van der Waals surface area contributed by atoms with E-state index in [4.69, 9.17) is 10.4 Å². The summed E-state index contributed by atoms with van der Waals surface area (Å²) in [7, 11) is -3.84. The van der Waals surface area contributed by atoms with Gasteiger partial charge in [-0.1, -0.05) is 12.8 Å². The van der Waals surface area contributed by atoms with E-state index in [1.807, 2.05) is 0 Å². The Morgan fingerprint density at radius 1 is 1.53 bits per heavy atom. The summed E-state index contributed by atoms with van der Waals surface area (Å²) < 4.78 is 25.0. The van der Waals surface area contributed by atoms with Crippen LogP contribution in [-0.2, 0) is 14.8 Å². The number of nitriles is 1. The van der Waals surface area contributed by atoms with E-state index in [-0.39, 0.29) is 6.04 Å². The molecule has 0 spiro atoms. The summed E-state index contributed by atoms with van der Waals surface area (Å²) >= 11 is 0. The van der Waals surface area contributed by atoms with Gasteiger partial charge in [-0.15, -0.1) is 0 Å². The molecule has 0 saturated heterocycles. The van der Waals surface area contributed by atoms with Crippen molar-refractivity contribution < 1.29 is 18.3 Å². The molecule has 0 aliphatic heterocycles. The maximum Gasteiger partial charge on any atom is 0.318 e. The average molecular weight is 260 g/mol. The number of nitrogens with zero attached hydrogens (tertiary/aromatic N) is 2. The van der Waals surface area contributed by atoms with E-state index >= 15 is 0 Å². The average Bonchev–Trinajstić information content (AvgIpc) is 2.77. The minimum Gasteiger partial charge on any atom is -0.480 e. The highest BCUT2D eigenvalue weighted by Crippen LogP contribution is 2.26. The zero-order valence-electron chi connectivity index (χ0n) is 9.66. The van der Waals surface area contributed by atoms with Gasteiger partial charge in [-0.3, -0.25) is 4.79 Å². The molecule has 0 radical (unpaired) electrons. The molecule has 1 aliphatic rings. The van der Waals surface area contributed by atoms with Crippen LogP contribution in [0.3, 0.4) is 0 Å². The lowest BCUT2D eigenvalue weighted by atomic mass is 10.2. The number of hydrogen-bond acceptors (Lipinski definition) is 4. The number of rotatable bonds is 5. The fourth-order valence-corrected chi connectivity index (χ4v) is 3.48. The van der Waals surface area contributed by atoms with Crippen LogP contribution in [0.4, 0.5) is 0 Å². The first-order valence-corrected chi connectivity index (χ1v) is 7.02. The summed E-state index contributed by atoms with van der Waals surface area (Å²) in [4.78, 5) is 10.7. The number of carboxylic acids is 1. The number of sulfonamides is 1. The molecule has 0 aromatic rings. The Bertz CT molecular complexity index is 420. The van der Waals surface area contributed by atoms with Crippen LogP contribution in [0.25, 0.3) is 0 Å². The van der Waals surface area contributed by atoms with Gasteiger partial charge in [0.1, 0.15) is 6.54 Å². The molecule has 1 N–H and O–H groups in total. The summed E-state index contributed by atoms with van der Waals surface area (Å²) in [6, 6.07) is 1.39. The highest BCUT2D eigenvalue weighted by atomic mass is 32.2. The fraction of sp³-hybridized carbons (Fsp3) is 0.800. The third kappa shape index (κ3) is 3.17. The second-order valence-corrected chi connectivity index (χ2v) is 6.40. The molecule has 0 heterocycles. The van der Waals surface area contributed by atoms with E-state index in [1.54, 1.807) is 6.07 Å². The van der Waals surface area contributed by atoms with Crippen molar-refractivity contribution in [1.82, 2.24) is 4.31 Å². The van der Waals surface area contributed by atoms with E-state index in [0.29, 0.717) is 12.8 Å². The normalized spacial score (nSPS) is 19.1. The van der Waals surface area contributed by atoms with Crippen LogP contribution in [0.1, 0.15) is 32.6 Å². The van der Waals surface area contributed by atoms with Gasteiger partial charge in [-0.05, 0) is 19.8 Å². The largest absolute Gasteiger partial charge is 0.480 e. The number of carbonyl (C=O) groups is 1. The molecule has 96 valence electrons. The van der Waals surface area contributed by atoms with Gasteiger partial charge in [0, 0.05) is 6.04 Å². The lowest BCUT2D eigenvalue weighted by Gasteiger charge is -2.27. The third-order valence-electron chi connectivity index (χ3n) is 2.98. The van der Waals surface area contributed by atoms with Crippen molar-refractivity contribution in [2.75, 3.05) is 6.54 Å². The first-order chi connectivity index (χ1) is 7.89. The molecule has 0 amide bonds. The number of carboxylic acid groups (broad SMARTS) is 1. The molecule has 1 aliphatic carbocycles. The molecule has 6 nitrogen and oxygen atoms in total. The minimum absolute atomic E-state index is 0.271. The Kier molecular flexibility index (Phi) is 4.48. The van der Waals surface area contributed by atoms with Crippen molar-refractivity contribution in [3.63, 3.8) is 0 Å². The summed E-state index contributed by atoms with van der Waals surface area (Å²) in [5.41, 5.74) is 0. The smallest absolute Gasteiger partial charge is 0.318 e. The van der Waals surface area contributed by atoms with Gasteiger partial charge in [0.2, 0.25) is 10.0 Å². The van der Waals surface area contributed by atoms with Gasteiger partial charge >= 0.3 is 5.97 Å². The van der Waals surface area contributed by atoms with E-state index in [2.05, 4.69) is 0 Å². The second-order valence-electron chi connectivity index (χ2n) is 4.19. The summed E-state index contributed by atoms with van der Waals surface area (Å²) in [6.07, 6.45) is 3.14. The molecule has 0 aromatic carbocycles. The molecule has 0 bridgehead atoms. The molecule has 0 aromatic heterocycles. The monoisotopic (exact) mass is 260 g/mol. The Hall–Kier alpha value is -1.13. The van der Waals surface area contributed by atoms with Crippen LogP contribution in [0.15, 0.2) is 0 Å². The van der Waals surface area contributed by atoms with Crippen molar-refractivity contribution >= 4 is 16.0 Å². The molecular weight excluding hydrogens is 244 g/mol. The molecular formula is C10H16N2O4S. The summed E-state index contributed by atoms with van der Waals surface area (Å²) in [5, 5.41) is 16.3. The van der Waals surface area contributed by atoms with Crippen molar-refractivity contribution in [2.24, 2.45) is 0 Å². The van der Waals surface area contributed by atoms with Crippen LogP contribution in [-0.4, -0.2) is 41.6 Å². The standard InChI is InChI=1S/C10H16N2O4S/c1-8(6-11)17(15,16)12(7-10(13)14)9-4-2-3-5-9/h8-9H,2-5,7H2,1H3,(H,13,14). The van der Waals surface area contributed by atoms with Gasteiger partial charge in [-0.2, -0.15) is 9.57 Å². The molecule has 17 heavy (non-hydrogen) atoms. The van der Waals surface area contributed by atoms with E-state index in [9.17, 15) is 13.2 Å². The third-order valence-corrected chi connectivity index (χ3v) is 5.06. The lowest BCUT2D eigenvalue weighted by Crippen LogP contribution is -2.45. The Morgan fingerprint density at radius 2 is 2.06 bits per heavy atom. The molecule has 1 unspecified atom stereocenters. The van der Waals surface area contributed by atoms with Gasteiger partial charge in [0.25, 0.3) is 0 Å². The number of aliphatic carboxylic acids is 1. The zero-order valence-corrected chi connectivity index (χ0v) is 10.5. The van der Waals surface area contributed by atoms with Crippen LogP contribution < -0.4 is 0 Å². The Morgan fingerprint density at radius 3 is 2.47 bits per heavy atom. The van der Waals surface area contributed by atoms with Crippen molar-refractivity contribution in [1.29, 1.82) is 5.26 Å². The first kappa shape index (κ1) is 13.9. The SMILES string of the molecule is CC(C#N)S(=O)(=O)N(CC(=O)O)C1CCCC1. The lowest BCUT2D eigenvalue weighted by molar-refractivity contribution is -0.137.